The lowest BCUT2D eigenvalue weighted by Crippen LogP contribution is -2.21. The molecule has 0 amide bonds. The molecule has 0 aliphatic rings. The molecule has 0 radical (unpaired) electrons. The second kappa shape index (κ2) is 6.79. The van der Waals surface area contributed by atoms with E-state index in [1.807, 2.05) is 18.3 Å². The van der Waals surface area contributed by atoms with Crippen molar-refractivity contribution in [2.24, 2.45) is 10.9 Å². The molecule has 88 valence electrons. The summed E-state index contributed by atoms with van der Waals surface area (Å²) in [7, 11) is 0. The number of nitrogens with one attached hydrogen (secondary N) is 1. The van der Waals surface area contributed by atoms with Crippen LogP contribution >= 0.6 is 0 Å². The van der Waals surface area contributed by atoms with Gasteiger partial charge in [-0.05, 0) is 31.5 Å². The summed E-state index contributed by atoms with van der Waals surface area (Å²) in [4.78, 5) is 4.06. The topological polar surface area (TPSA) is 83.5 Å². The smallest absolute Gasteiger partial charge is 0.139 e. The minimum Gasteiger partial charge on any atom is -0.409 e. The van der Waals surface area contributed by atoms with Crippen LogP contribution in [0.25, 0.3) is 0 Å². The van der Waals surface area contributed by atoms with Crippen molar-refractivity contribution in [1.82, 2.24) is 10.3 Å². The summed E-state index contributed by atoms with van der Waals surface area (Å²) in [5.74, 6) is 0.274. The first-order valence-electron chi connectivity index (χ1n) is 5.33. The van der Waals surface area contributed by atoms with E-state index in [2.05, 4.69) is 22.4 Å². The summed E-state index contributed by atoms with van der Waals surface area (Å²) in [5.41, 5.74) is 6.52. The molecule has 5 heteroatoms. The van der Waals surface area contributed by atoms with Crippen LogP contribution in [0.3, 0.4) is 0 Å². The van der Waals surface area contributed by atoms with Crippen molar-refractivity contribution in [3.8, 4) is 0 Å². The zero-order valence-electron chi connectivity index (χ0n) is 9.43. The van der Waals surface area contributed by atoms with Crippen LogP contribution < -0.4 is 11.1 Å². The number of nitrogens with two attached hydrogens (primary N) is 1. The first-order chi connectivity index (χ1) is 7.74. The summed E-state index contributed by atoms with van der Waals surface area (Å²) in [5, 5.41) is 14.6. The number of nitrogens with zero attached hydrogens (tertiary/aromatic N) is 2. The fourth-order valence-electron chi connectivity index (χ4n) is 1.39. The van der Waals surface area contributed by atoms with Gasteiger partial charge in [-0.2, -0.15) is 0 Å². The van der Waals surface area contributed by atoms with E-state index in [0.29, 0.717) is 6.42 Å². The molecule has 0 spiro atoms. The van der Waals surface area contributed by atoms with E-state index in [1.54, 1.807) is 6.20 Å². The number of hydrogen-bond donors (Lipinski definition) is 3. The Kier molecular flexibility index (Phi) is 5.28. The summed E-state index contributed by atoms with van der Waals surface area (Å²) >= 11 is 0. The third-order valence-electron chi connectivity index (χ3n) is 2.37. The van der Waals surface area contributed by atoms with Crippen molar-refractivity contribution in [2.45, 2.75) is 25.8 Å². The lowest BCUT2D eigenvalue weighted by Gasteiger charge is -2.13. The molecule has 1 aromatic heterocycles. The Balaban J connectivity index is 2.23. The van der Waals surface area contributed by atoms with Crippen LogP contribution in [0.4, 0.5) is 0 Å². The monoisotopic (exact) mass is 222 g/mol. The number of rotatable bonds is 6. The van der Waals surface area contributed by atoms with Crippen molar-refractivity contribution in [2.75, 3.05) is 6.54 Å². The number of aromatic nitrogens is 1. The highest BCUT2D eigenvalue weighted by atomic mass is 16.4. The molecule has 1 atom stereocenters. The van der Waals surface area contributed by atoms with Crippen LogP contribution in [0, 0.1) is 0 Å². The summed E-state index contributed by atoms with van der Waals surface area (Å²) in [6, 6.07) is 4.22. The van der Waals surface area contributed by atoms with E-state index in [1.165, 1.54) is 0 Å². The van der Waals surface area contributed by atoms with Gasteiger partial charge in [-0.3, -0.25) is 4.98 Å². The van der Waals surface area contributed by atoms with E-state index >= 15 is 0 Å². The first kappa shape index (κ1) is 12.4. The van der Waals surface area contributed by atoms with Gasteiger partial charge in [-0.1, -0.05) is 11.2 Å². The van der Waals surface area contributed by atoms with Gasteiger partial charge in [0.15, 0.2) is 0 Å². The fourth-order valence-corrected chi connectivity index (χ4v) is 1.39. The summed E-state index contributed by atoms with van der Waals surface area (Å²) in [6.45, 7) is 2.91. The molecule has 1 heterocycles. The minimum absolute atomic E-state index is 0.265. The van der Waals surface area contributed by atoms with Crippen molar-refractivity contribution in [3.63, 3.8) is 0 Å². The molecule has 0 aliphatic heterocycles. The SMILES string of the molecule is C[C@@H](NCCC/C(N)=N/O)c1cccnc1. The molecule has 1 aromatic rings. The molecule has 0 aromatic carbocycles. The average Bonchev–Trinajstić information content (AvgIpc) is 2.35. The Morgan fingerprint density at radius 3 is 3.12 bits per heavy atom. The van der Waals surface area contributed by atoms with Gasteiger partial charge in [0, 0.05) is 24.9 Å². The molecule has 16 heavy (non-hydrogen) atoms. The second-order valence-electron chi connectivity index (χ2n) is 3.66. The van der Waals surface area contributed by atoms with Gasteiger partial charge in [0.25, 0.3) is 0 Å². The zero-order valence-corrected chi connectivity index (χ0v) is 9.43. The lowest BCUT2D eigenvalue weighted by molar-refractivity contribution is 0.316. The zero-order chi connectivity index (χ0) is 11.8. The Hall–Kier alpha value is -1.62. The highest BCUT2D eigenvalue weighted by Crippen LogP contribution is 2.09. The highest BCUT2D eigenvalue weighted by Gasteiger charge is 2.03. The van der Waals surface area contributed by atoms with E-state index in [-0.39, 0.29) is 11.9 Å². The standard InChI is InChI=1S/C11H18N4O/c1-9(10-4-2-6-13-8-10)14-7-3-5-11(12)15-16/h2,4,6,8-9,14,16H,3,5,7H2,1H3,(H2,12,15)/t9-/m1/s1. The third kappa shape index (κ3) is 4.27. The molecule has 0 saturated carbocycles. The Labute approximate surface area is 95.4 Å². The van der Waals surface area contributed by atoms with E-state index < -0.39 is 0 Å². The maximum Gasteiger partial charge on any atom is 0.139 e. The molecule has 0 saturated heterocycles. The maximum atomic E-state index is 8.36. The van der Waals surface area contributed by atoms with Gasteiger partial charge in [-0.25, -0.2) is 0 Å². The molecule has 1 rings (SSSR count). The van der Waals surface area contributed by atoms with Crippen LogP contribution in [-0.2, 0) is 0 Å². The molecule has 4 N–H and O–H groups in total. The Morgan fingerprint density at radius 2 is 2.50 bits per heavy atom. The van der Waals surface area contributed by atoms with Crippen LogP contribution in [0.1, 0.15) is 31.4 Å². The van der Waals surface area contributed by atoms with E-state index in [0.717, 1.165) is 18.5 Å². The van der Waals surface area contributed by atoms with Gasteiger partial charge in [-0.15, -0.1) is 0 Å². The van der Waals surface area contributed by atoms with Crippen molar-refractivity contribution in [1.29, 1.82) is 0 Å². The predicted octanol–water partition coefficient (Wildman–Crippen LogP) is 1.26. The Bertz CT molecular complexity index is 326. The number of hydrogen-bond acceptors (Lipinski definition) is 4. The second-order valence-corrected chi connectivity index (χ2v) is 3.66. The minimum atomic E-state index is 0.265. The van der Waals surface area contributed by atoms with E-state index in [4.69, 9.17) is 10.9 Å². The molecule has 0 aliphatic carbocycles. The molecule has 0 fully saturated rings. The van der Waals surface area contributed by atoms with Gasteiger partial charge < -0.3 is 16.3 Å². The fraction of sp³-hybridized carbons (Fsp3) is 0.455. The van der Waals surface area contributed by atoms with Gasteiger partial charge in [0.2, 0.25) is 0 Å². The maximum absolute atomic E-state index is 8.36. The van der Waals surface area contributed by atoms with Crippen LogP contribution in [0.2, 0.25) is 0 Å². The quantitative estimate of drug-likeness (QED) is 0.222. The van der Waals surface area contributed by atoms with Crippen LogP contribution in [-0.4, -0.2) is 22.6 Å². The van der Waals surface area contributed by atoms with Crippen molar-refractivity contribution < 1.29 is 5.21 Å². The molecule has 0 unspecified atom stereocenters. The largest absolute Gasteiger partial charge is 0.409 e. The van der Waals surface area contributed by atoms with Crippen LogP contribution in [0.15, 0.2) is 29.7 Å². The highest BCUT2D eigenvalue weighted by molar-refractivity contribution is 5.79. The molecular formula is C11H18N4O. The third-order valence-corrected chi connectivity index (χ3v) is 2.37. The summed E-state index contributed by atoms with van der Waals surface area (Å²) in [6.07, 6.45) is 5.06. The Morgan fingerprint density at radius 1 is 1.69 bits per heavy atom. The molecule has 0 bridgehead atoms. The van der Waals surface area contributed by atoms with Crippen molar-refractivity contribution in [3.05, 3.63) is 30.1 Å². The number of pyridine rings is 1. The first-order valence-corrected chi connectivity index (χ1v) is 5.33. The molecule has 5 nitrogen and oxygen atoms in total. The normalized spacial score (nSPS) is 13.7. The molecular weight excluding hydrogens is 204 g/mol. The average molecular weight is 222 g/mol. The van der Waals surface area contributed by atoms with Gasteiger partial charge >= 0.3 is 0 Å². The van der Waals surface area contributed by atoms with Gasteiger partial charge in [0.05, 0.1) is 0 Å². The van der Waals surface area contributed by atoms with Gasteiger partial charge in [0.1, 0.15) is 5.84 Å². The van der Waals surface area contributed by atoms with Crippen molar-refractivity contribution >= 4 is 5.84 Å². The number of amidine groups is 1. The summed E-state index contributed by atoms with van der Waals surface area (Å²) < 4.78 is 0. The lowest BCUT2D eigenvalue weighted by atomic mass is 10.1. The van der Waals surface area contributed by atoms with E-state index in [9.17, 15) is 0 Å². The predicted molar refractivity (Wildman–Crippen MR) is 63.3 cm³/mol. The number of oxime groups is 1. The van der Waals surface area contributed by atoms with Crippen LogP contribution in [0.5, 0.6) is 0 Å².